The molecular formula is C6H12O5S. The van der Waals surface area contributed by atoms with Gasteiger partial charge in [-0.3, -0.25) is 4.18 Å². The monoisotopic (exact) mass is 196 g/mol. The van der Waals surface area contributed by atoms with Crippen LogP contribution in [0.1, 0.15) is 0 Å². The molecule has 0 saturated heterocycles. The summed E-state index contributed by atoms with van der Waals surface area (Å²) < 4.78 is 25.8. The normalized spacial score (nSPS) is 14.2. The lowest BCUT2D eigenvalue weighted by Crippen LogP contribution is -2.22. The lowest BCUT2D eigenvalue weighted by Gasteiger charge is -2.06. The van der Waals surface area contributed by atoms with Crippen LogP contribution in [0.2, 0.25) is 0 Å². The maximum absolute atomic E-state index is 10.8. The third kappa shape index (κ3) is 5.25. The van der Waals surface area contributed by atoms with E-state index < -0.39 is 29.4 Å². The summed E-state index contributed by atoms with van der Waals surface area (Å²) >= 11 is 0. The van der Waals surface area contributed by atoms with Crippen LogP contribution in [0.15, 0.2) is 12.7 Å². The molecule has 0 bridgehead atoms. The second kappa shape index (κ2) is 5.26. The molecule has 0 aromatic heterocycles. The largest absolute Gasteiger partial charge is 0.394 e. The number of aliphatic hydroxyl groups excluding tert-OH is 2. The molecule has 1 unspecified atom stereocenters. The van der Waals surface area contributed by atoms with E-state index in [1.165, 1.54) is 6.08 Å². The van der Waals surface area contributed by atoms with Crippen molar-refractivity contribution in [3.05, 3.63) is 12.7 Å². The second-order valence-electron chi connectivity index (χ2n) is 2.13. The first kappa shape index (κ1) is 11.6. The first-order valence-corrected chi connectivity index (χ1v) is 4.86. The van der Waals surface area contributed by atoms with Gasteiger partial charge in [0.1, 0.15) is 6.10 Å². The Balaban J connectivity index is 3.84. The summed E-state index contributed by atoms with van der Waals surface area (Å²) in [5, 5.41) is 17.0. The molecule has 0 aliphatic rings. The van der Waals surface area contributed by atoms with E-state index in [4.69, 9.17) is 10.2 Å². The van der Waals surface area contributed by atoms with E-state index in [1.807, 2.05) is 0 Å². The third-order valence-corrected chi connectivity index (χ3v) is 2.11. The Kier molecular flexibility index (Phi) is 5.07. The average molecular weight is 196 g/mol. The van der Waals surface area contributed by atoms with Crippen LogP contribution in [0.25, 0.3) is 0 Å². The Morgan fingerprint density at radius 2 is 2.17 bits per heavy atom. The molecule has 0 amide bonds. The van der Waals surface area contributed by atoms with E-state index in [2.05, 4.69) is 10.8 Å². The summed E-state index contributed by atoms with van der Waals surface area (Å²) in [4.78, 5) is 0. The Morgan fingerprint density at radius 3 is 2.58 bits per heavy atom. The van der Waals surface area contributed by atoms with E-state index in [1.54, 1.807) is 0 Å². The minimum Gasteiger partial charge on any atom is -0.394 e. The standard InChI is InChI=1S/C6H12O5S/c1-2-3-12(9,10)11-5-6(8)4-7/h2,6-8H,1,3-5H2. The smallest absolute Gasteiger partial charge is 0.271 e. The zero-order chi connectivity index (χ0) is 9.61. The molecule has 0 saturated carbocycles. The fourth-order valence-electron chi connectivity index (χ4n) is 0.427. The zero-order valence-electron chi connectivity index (χ0n) is 6.51. The van der Waals surface area contributed by atoms with Crippen molar-refractivity contribution in [2.45, 2.75) is 6.10 Å². The van der Waals surface area contributed by atoms with Crippen LogP contribution in [-0.2, 0) is 14.3 Å². The molecule has 0 aliphatic carbocycles. The minimum atomic E-state index is -3.63. The van der Waals surface area contributed by atoms with Crippen molar-refractivity contribution in [2.75, 3.05) is 19.0 Å². The average Bonchev–Trinajstić information content (AvgIpc) is 2.00. The van der Waals surface area contributed by atoms with Crippen LogP contribution in [0.5, 0.6) is 0 Å². The molecule has 2 N–H and O–H groups in total. The highest BCUT2D eigenvalue weighted by Crippen LogP contribution is 1.95. The van der Waals surface area contributed by atoms with Gasteiger partial charge in [-0.05, 0) is 0 Å². The van der Waals surface area contributed by atoms with Crippen LogP contribution >= 0.6 is 0 Å². The van der Waals surface area contributed by atoms with Crippen LogP contribution in [0.4, 0.5) is 0 Å². The number of aliphatic hydroxyl groups is 2. The van der Waals surface area contributed by atoms with Crippen LogP contribution in [0.3, 0.4) is 0 Å². The number of rotatable bonds is 6. The summed E-state index contributed by atoms with van der Waals surface area (Å²) in [5.74, 6) is -0.300. The van der Waals surface area contributed by atoms with E-state index in [0.717, 1.165) is 0 Å². The van der Waals surface area contributed by atoms with Crippen molar-refractivity contribution in [2.24, 2.45) is 0 Å². The van der Waals surface area contributed by atoms with E-state index in [-0.39, 0.29) is 5.75 Å². The second-order valence-corrected chi connectivity index (χ2v) is 3.82. The van der Waals surface area contributed by atoms with Gasteiger partial charge in [-0.2, -0.15) is 8.42 Å². The predicted octanol–water partition coefficient (Wildman–Crippen LogP) is -1.13. The molecule has 0 heterocycles. The van der Waals surface area contributed by atoms with Crippen molar-refractivity contribution >= 4 is 10.1 Å². The fourth-order valence-corrected chi connectivity index (χ4v) is 1.18. The lowest BCUT2D eigenvalue weighted by atomic mass is 10.4. The van der Waals surface area contributed by atoms with Crippen LogP contribution < -0.4 is 0 Å². The molecule has 1 atom stereocenters. The van der Waals surface area contributed by atoms with E-state index in [9.17, 15) is 8.42 Å². The molecule has 0 aliphatic heterocycles. The molecule has 0 aromatic carbocycles. The van der Waals surface area contributed by atoms with Crippen LogP contribution in [-0.4, -0.2) is 43.7 Å². The maximum atomic E-state index is 10.8. The minimum absolute atomic E-state index is 0.300. The van der Waals surface area contributed by atoms with E-state index in [0.29, 0.717) is 0 Å². The van der Waals surface area contributed by atoms with Gasteiger partial charge in [-0.25, -0.2) is 0 Å². The van der Waals surface area contributed by atoms with Crippen LogP contribution in [0, 0.1) is 0 Å². The summed E-state index contributed by atoms with van der Waals surface area (Å²) in [6.07, 6.45) is 0.0188. The molecule has 0 fully saturated rings. The van der Waals surface area contributed by atoms with Gasteiger partial charge in [0.25, 0.3) is 10.1 Å². The van der Waals surface area contributed by atoms with Crippen molar-refractivity contribution in [1.29, 1.82) is 0 Å². The zero-order valence-corrected chi connectivity index (χ0v) is 7.33. The molecule has 6 heteroatoms. The highest BCUT2D eigenvalue weighted by Gasteiger charge is 2.11. The molecule has 0 aromatic rings. The van der Waals surface area contributed by atoms with Crippen molar-refractivity contribution in [1.82, 2.24) is 0 Å². The van der Waals surface area contributed by atoms with Crippen molar-refractivity contribution in [3.63, 3.8) is 0 Å². The van der Waals surface area contributed by atoms with Gasteiger partial charge >= 0.3 is 0 Å². The summed E-state index contributed by atoms with van der Waals surface area (Å²) in [6, 6.07) is 0. The molecule has 0 spiro atoms. The van der Waals surface area contributed by atoms with Gasteiger partial charge in [0, 0.05) is 0 Å². The Hall–Kier alpha value is -0.430. The SMILES string of the molecule is C=CCS(=O)(=O)OCC(O)CO. The fraction of sp³-hybridized carbons (Fsp3) is 0.667. The third-order valence-electron chi connectivity index (χ3n) is 0.973. The van der Waals surface area contributed by atoms with Gasteiger partial charge < -0.3 is 10.2 Å². The topological polar surface area (TPSA) is 83.8 Å². The van der Waals surface area contributed by atoms with E-state index >= 15 is 0 Å². The lowest BCUT2D eigenvalue weighted by molar-refractivity contribution is 0.0558. The molecule has 0 rings (SSSR count). The van der Waals surface area contributed by atoms with Crippen molar-refractivity contribution < 1.29 is 22.8 Å². The number of hydrogen-bond acceptors (Lipinski definition) is 5. The van der Waals surface area contributed by atoms with Gasteiger partial charge in [0.05, 0.1) is 19.0 Å². The first-order valence-electron chi connectivity index (χ1n) is 3.28. The molecule has 12 heavy (non-hydrogen) atoms. The van der Waals surface area contributed by atoms with Gasteiger partial charge in [-0.1, -0.05) is 6.08 Å². The maximum Gasteiger partial charge on any atom is 0.271 e. The van der Waals surface area contributed by atoms with Gasteiger partial charge in [0.15, 0.2) is 0 Å². The quantitative estimate of drug-likeness (QED) is 0.415. The predicted molar refractivity (Wildman–Crippen MR) is 43.0 cm³/mol. The molecule has 5 nitrogen and oxygen atoms in total. The Morgan fingerprint density at radius 1 is 1.58 bits per heavy atom. The summed E-state index contributed by atoms with van der Waals surface area (Å²) in [7, 11) is -3.63. The highest BCUT2D eigenvalue weighted by atomic mass is 32.2. The molecule has 0 radical (unpaired) electrons. The highest BCUT2D eigenvalue weighted by molar-refractivity contribution is 7.86. The molecular weight excluding hydrogens is 184 g/mol. The first-order chi connectivity index (χ1) is 5.52. The van der Waals surface area contributed by atoms with Crippen molar-refractivity contribution in [3.8, 4) is 0 Å². The Bertz CT molecular complexity index is 220. The van der Waals surface area contributed by atoms with Gasteiger partial charge in [-0.15, -0.1) is 6.58 Å². The number of hydrogen-bond donors (Lipinski definition) is 2. The summed E-state index contributed by atoms with van der Waals surface area (Å²) in [5.41, 5.74) is 0. The van der Waals surface area contributed by atoms with Gasteiger partial charge in [0.2, 0.25) is 0 Å². The molecule has 72 valence electrons. The summed E-state index contributed by atoms with van der Waals surface area (Å²) in [6.45, 7) is 2.27. The Labute approximate surface area is 71.4 Å².